The summed E-state index contributed by atoms with van der Waals surface area (Å²) in [7, 11) is -1.97. The van der Waals surface area contributed by atoms with Crippen LogP contribution in [-0.4, -0.2) is 28.2 Å². The van der Waals surface area contributed by atoms with E-state index >= 15 is 0 Å². The molecule has 1 heterocycles. The van der Waals surface area contributed by atoms with Crippen molar-refractivity contribution in [3.8, 4) is 11.5 Å². The van der Waals surface area contributed by atoms with E-state index in [0.717, 1.165) is 42.0 Å². The molecule has 6 nitrogen and oxygen atoms in total. The number of benzene rings is 3. The second-order valence-electron chi connectivity index (χ2n) is 7.50. The minimum atomic E-state index is -3.63. The van der Waals surface area contributed by atoms with Crippen LogP contribution in [0.1, 0.15) is 17.5 Å². The lowest BCUT2D eigenvalue weighted by Crippen LogP contribution is -2.34. The molecule has 162 valence electrons. The largest absolute Gasteiger partial charge is 0.497 e. The van der Waals surface area contributed by atoms with Crippen LogP contribution < -0.4 is 19.5 Å². The summed E-state index contributed by atoms with van der Waals surface area (Å²) >= 11 is 0. The van der Waals surface area contributed by atoms with Crippen molar-refractivity contribution < 1.29 is 17.9 Å². The van der Waals surface area contributed by atoms with Gasteiger partial charge in [0.1, 0.15) is 17.6 Å². The molecule has 7 heteroatoms. The quantitative estimate of drug-likeness (QED) is 0.556. The smallest absolute Gasteiger partial charge is 0.261 e. The number of methoxy groups -OCH3 is 1. The molecule has 0 saturated heterocycles. The van der Waals surface area contributed by atoms with E-state index in [1.54, 1.807) is 49.6 Å². The Hall–Kier alpha value is -3.03. The summed E-state index contributed by atoms with van der Waals surface area (Å²) in [5, 5.41) is 3.44. The van der Waals surface area contributed by atoms with Gasteiger partial charge >= 0.3 is 0 Å². The second kappa shape index (κ2) is 9.41. The van der Waals surface area contributed by atoms with E-state index in [2.05, 4.69) is 16.1 Å². The Morgan fingerprint density at radius 1 is 1.03 bits per heavy atom. The van der Waals surface area contributed by atoms with Crippen molar-refractivity contribution in [2.75, 3.05) is 18.4 Å². The summed E-state index contributed by atoms with van der Waals surface area (Å²) in [4.78, 5) is 0.230. The summed E-state index contributed by atoms with van der Waals surface area (Å²) < 4.78 is 39.2. The standard InChI is InChI=1S/C24H26N2O4S/c1-29-21-7-5-6-18(14-21)16-25-17-22-13-11-19-10-12-20(15-24(19)30-22)26-31(27,28)23-8-3-2-4-9-23/h2-10,12,14-15,22,25-26H,11,13,16-17H2,1H3. The van der Waals surface area contributed by atoms with E-state index in [0.29, 0.717) is 12.2 Å². The van der Waals surface area contributed by atoms with Gasteiger partial charge < -0.3 is 14.8 Å². The normalized spacial score (nSPS) is 15.6. The Morgan fingerprint density at radius 2 is 1.87 bits per heavy atom. The highest BCUT2D eigenvalue weighted by molar-refractivity contribution is 7.92. The Labute approximate surface area is 183 Å². The number of sulfonamides is 1. The van der Waals surface area contributed by atoms with Gasteiger partial charge in [0, 0.05) is 19.2 Å². The second-order valence-corrected chi connectivity index (χ2v) is 9.18. The molecule has 2 N–H and O–H groups in total. The van der Waals surface area contributed by atoms with Crippen molar-refractivity contribution in [1.29, 1.82) is 0 Å². The average molecular weight is 439 g/mol. The number of ether oxygens (including phenoxy) is 2. The van der Waals surface area contributed by atoms with Crippen molar-refractivity contribution in [3.63, 3.8) is 0 Å². The predicted molar refractivity (Wildman–Crippen MR) is 121 cm³/mol. The van der Waals surface area contributed by atoms with Gasteiger partial charge in [0.25, 0.3) is 10.0 Å². The van der Waals surface area contributed by atoms with E-state index in [9.17, 15) is 8.42 Å². The zero-order valence-electron chi connectivity index (χ0n) is 17.4. The third-order valence-electron chi connectivity index (χ3n) is 5.24. The monoisotopic (exact) mass is 438 g/mol. The molecule has 4 rings (SSSR count). The fourth-order valence-corrected chi connectivity index (χ4v) is 4.68. The maximum Gasteiger partial charge on any atom is 0.261 e. The molecule has 0 bridgehead atoms. The Balaban J connectivity index is 1.37. The number of hydrogen-bond donors (Lipinski definition) is 2. The molecule has 0 fully saturated rings. The topological polar surface area (TPSA) is 76.7 Å². The highest BCUT2D eigenvalue weighted by Crippen LogP contribution is 2.31. The van der Waals surface area contributed by atoms with Gasteiger partial charge in [-0.3, -0.25) is 4.72 Å². The van der Waals surface area contributed by atoms with Crippen molar-refractivity contribution in [2.24, 2.45) is 0 Å². The van der Waals surface area contributed by atoms with Gasteiger partial charge in [-0.1, -0.05) is 36.4 Å². The van der Waals surface area contributed by atoms with Gasteiger partial charge in [-0.05, 0) is 54.3 Å². The fourth-order valence-electron chi connectivity index (χ4n) is 3.61. The van der Waals surface area contributed by atoms with Crippen LogP contribution in [0, 0.1) is 0 Å². The molecule has 3 aromatic carbocycles. The molecule has 1 aliphatic rings. The molecule has 0 aliphatic carbocycles. The molecule has 0 saturated carbocycles. The fraction of sp³-hybridized carbons (Fsp3) is 0.250. The van der Waals surface area contributed by atoms with Crippen molar-refractivity contribution in [3.05, 3.63) is 83.9 Å². The van der Waals surface area contributed by atoms with Crippen molar-refractivity contribution in [2.45, 2.75) is 30.4 Å². The Morgan fingerprint density at radius 3 is 2.68 bits per heavy atom. The van der Waals surface area contributed by atoms with Crippen LogP contribution in [-0.2, 0) is 23.0 Å². The summed E-state index contributed by atoms with van der Waals surface area (Å²) in [6.45, 7) is 1.43. The minimum Gasteiger partial charge on any atom is -0.497 e. The lowest BCUT2D eigenvalue weighted by Gasteiger charge is -2.27. The van der Waals surface area contributed by atoms with E-state index in [1.165, 1.54) is 0 Å². The van der Waals surface area contributed by atoms with Gasteiger partial charge in [-0.25, -0.2) is 8.42 Å². The molecule has 1 unspecified atom stereocenters. The zero-order chi connectivity index (χ0) is 21.7. The number of hydrogen-bond acceptors (Lipinski definition) is 5. The minimum absolute atomic E-state index is 0.0269. The summed E-state index contributed by atoms with van der Waals surface area (Å²) in [5.41, 5.74) is 2.73. The molecule has 31 heavy (non-hydrogen) atoms. The highest BCUT2D eigenvalue weighted by atomic mass is 32.2. The Bertz CT molecular complexity index is 1130. The van der Waals surface area contributed by atoms with Crippen LogP contribution in [0.15, 0.2) is 77.7 Å². The molecule has 0 radical (unpaired) electrons. The first-order valence-electron chi connectivity index (χ1n) is 10.2. The lowest BCUT2D eigenvalue weighted by atomic mass is 10.0. The van der Waals surface area contributed by atoms with Crippen LogP contribution in [0.5, 0.6) is 11.5 Å². The van der Waals surface area contributed by atoms with Gasteiger partial charge in [0.15, 0.2) is 0 Å². The molecule has 1 atom stereocenters. The summed E-state index contributed by atoms with van der Waals surface area (Å²) in [6, 6.07) is 21.8. The third kappa shape index (κ3) is 5.37. The SMILES string of the molecule is COc1cccc(CNCC2CCc3ccc(NS(=O)(=O)c4ccccc4)cc3O2)c1. The molecular weight excluding hydrogens is 412 g/mol. The number of aryl methyl sites for hydroxylation is 1. The first-order chi connectivity index (χ1) is 15.0. The average Bonchev–Trinajstić information content (AvgIpc) is 2.79. The number of nitrogens with one attached hydrogen (secondary N) is 2. The van der Waals surface area contributed by atoms with E-state index in [1.807, 2.05) is 24.3 Å². The molecular formula is C24H26N2O4S. The summed E-state index contributed by atoms with van der Waals surface area (Å²) in [5.74, 6) is 1.57. The molecule has 3 aromatic rings. The molecule has 0 amide bonds. The van der Waals surface area contributed by atoms with Crippen molar-refractivity contribution in [1.82, 2.24) is 5.32 Å². The predicted octanol–water partition coefficient (Wildman–Crippen LogP) is 3.98. The number of fused-ring (bicyclic) bond motifs is 1. The van der Waals surface area contributed by atoms with Gasteiger partial charge in [0.2, 0.25) is 0 Å². The van der Waals surface area contributed by atoms with Crippen LogP contribution in [0.4, 0.5) is 5.69 Å². The molecule has 0 aromatic heterocycles. The maximum atomic E-state index is 12.6. The maximum absolute atomic E-state index is 12.6. The van der Waals surface area contributed by atoms with E-state index < -0.39 is 10.0 Å². The highest BCUT2D eigenvalue weighted by Gasteiger charge is 2.21. The van der Waals surface area contributed by atoms with Gasteiger partial charge in [-0.15, -0.1) is 0 Å². The molecule has 1 aliphatic heterocycles. The van der Waals surface area contributed by atoms with Gasteiger partial charge in [0.05, 0.1) is 17.7 Å². The van der Waals surface area contributed by atoms with Crippen LogP contribution in [0.25, 0.3) is 0 Å². The zero-order valence-corrected chi connectivity index (χ0v) is 18.2. The van der Waals surface area contributed by atoms with Crippen LogP contribution >= 0.6 is 0 Å². The molecule has 0 spiro atoms. The summed E-state index contributed by atoms with van der Waals surface area (Å²) in [6.07, 6.45) is 1.83. The van der Waals surface area contributed by atoms with Gasteiger partial charge in [-0.2, -0.15) is 0 Å². The van der Waals surface area contributed by atoms with E-state index in [4.69, 9.17) is 9.47 Å². The van der Waals surface area contributed by atoms with E-state index in [-0.39, 0.29) is 11.0 Å². The third-order valence-corrected chi connectivity index (χ3v) is 6.63. The number of rotatable bonds is 8. The first kappa shape index (κ1) is 21.2. The lowest BCUT2D eigenvalue weighted by molar-refractivity contribution is 0.170. The first-order valence-corrected chi connectivity index (χ1v) is 11.7. The van der Waals surface area contributed by atoms with Crippen LogP contribution in [0.3, 0.4) is 0 Å². The Kier molecular flexibility index (Phi) is 6.44. The number of anilines is 1. The van der Waals surface area contributed by atoms with Crippen LogP contribution in [0.2, 0.25) is 0 Å². The van der Waals surface area contributed by atoms with Crippen molar-refractivity contribution >= 4 is 15.7 Å².